The van der Waals surface area contributed by atoms with Gasteiger partial charge in [-0.3, -0.25) is 9.40 Å². The van der Waals surface area contributed by atoms with Crippen molar-refractivity contribution in [2.75, 3.05) is 11.3 Å². The quantitative estimate of drug-likeness (QED) is 0.862. The van der Waals surface area contributed by atoms with E-state index in [1.54, 1.807) is 10.9 Å². The first-order valence-electron chi connectivity index (χ1n) is 6.56. The predicted molar refractivity (Wildman–Crippen MR) is 86.3 cm³/mol. The van der Waals surface area contributed by atoms with Crippen LogP contribution in [0.3, 0.4) is 0 Å². The third-order valence-electron chi connectivity index (χ3n) is 3.22. The third-order valence-corrected chi connectivity index (χ3v) is 6.35. The monoisotopic (exact) mass is 381 g/mol. The summed E-state index contributed by atoms with van der Waals surface area (Å²) in [7, 11) is -3.78. The molecule has 1 saturated heterocycles. The maximum Gasteiger partial charge on any atom is 0.264 e. The van der Waals surface area contributed by atoms with E-state index in [1.807, 2.05) is 0 Å². The Morgan fingerprint density at radius 3 is 2.95 bits per heavy atom. The van der Waals surface area contributed by atoms with E-state index in [-0.39, 0.29) is 15.3 Å². The van der Waals surface area contributed by atoms with E-state index < -0.39 is 10.0 Å². The summed E-state index contributed by atoms with van der Waals surface area (Å²) in [6.45, 7) is 1.37. The molecule has 2 aromatic rings. The molecule has 0 spiro atoms. The van der Waals surface area contributed by atoms with Crippen LogP contribution in [0.1, 0.15) is 12.8 Å². The van der Waals surface area contributed by atoms with Crippen molar-refractivity contribution in [2.24, 2.45) is 0 Å². The van der Waals surface area contributed by atoms with Crippen molar-refractivity contribution in [3.63, 3.8) is 0 Å². The first-order valence-corrected chi connectivity index (χ1v) is 9.61. The molecule has 3 heterocycles. The SMILES string of the molecule is O=S(=O)(Nc1cnn(CC2CCCO2)c1)c1cc(Cl)sc1Cl. The summed E-state index contributed by atoms with van der Waals surface area (Å²) in [5.74, 6) is 0. The molecule has 0 aliphatic carbocycles. The van der Waals surface area contributed by atoms with Crippen LogP contribution in [0.25, 0.3) is 0 Å². The molecule has 1 aliphatic heterocycles. The largest absolute Gasteiger partial charge is 0.376 e. The zero-order valence-electron chi connectivity index (χ0n) is 11.3. The van der Waals surface area contributed by atoms with E-state index in [9.17, 15) is 8.42 Å². The summed E-state index contributed by atoms with van der Waals surface area (Å²) in [6.07, 6.45) is 5.25. The second-order valence-electron chi connectivity index (χ2n) is 4.88. The molecular formula is C12H13Cl2N3O3S2. The van der Waals surface area contributed by atoms with Crippen LogP contribution in [0, 0.1) is 0 Å². The van der Waals surface area contributed by atoms with Crippen LogP contribution in [0.5, 0.6) is 0 Å². The lowest BCUT2D eigenvalue weighted by Crippen LogP contribution is -2.15. The van der Waals surface area contributed by atoms with Gasteiger partial charge in [-0.2, -0.15) is 5.10 Å². The van der Waals surface area contributed by atoms with Gasteiger partial charge in [-0.25, -0.2) is 8.42 Å². The molecule has 120 valence electrons. The Hall–Kier alpha value is -0.800. The second-order valence-corrected chi connectivity index (χ2v) is 8.82. The first-order chi connectivity index (χ1) is 10.4. The number of nitrogens with one attached hydrogen (secondary N) is 1. The van der Waals surface area contributed by atoms with Gasteiger partial charge in [0.25, 0.3) is 10.0 Å². The molecule has 3 rings (SSSR count). The molecule has 2 aromatic heterocycles. The number of anilines is 1. The van der Waals surface area contributed by atoms with Crippen molar-refractivity contribution in [2.45, 2.75) is 30.4 Å². The molecule has 0 saturated carbocycles. The summed E-state index contributed by atoms with van der Waals surface area (Å²) in [5, 5.41) is 4.14. The van der Waals surface area contributed by atoms with Crippen LogP contribution < -0.4 is 4.72 Å². The number of halogens is 2. The number of hydrogen-bond acceptors (Lipinski definition) is 5. The van der Waals surface area contributed by atoms with E-state index in [0.29, 0.717) is 16.6 Å². The second kappa shape index (κ2) is 6.37. The average molecular weight is 382 g/mol. The normalized spacial score (nSPS) is 18.7. The molecule has 0 radical (unpaired) electrons. The van der Waals surface area contributed by atoms with Crippen LogP contribution in [0.15, 0.2) is 23.4 Å². The standard InChI is InChI=1S/C12H13Cl2N3O3S2/c13-11-4-10(12(14)21-11)22(18,19)16-8-5-15-17(6-8)7-9-2-1-3-20-9/h4-6,9,16H,1-3,7H2. The topological polar surface area (TPSA) is 73.2 Å². The predicted octanol–water partition coefficient (Wildman–Crippen LogP) is 3.23. The highest BCUT2D eigenvalue weighted by Crippen LogP contribution is 2.35. The highest BCUT2D eigenvalue weighted by molar-refractivity contribution is 7.93. The number of hydrogen-bond donors (Lipinski definition) is 1. The number of nitrogens with zero attached hydrogens (tertiary/aromatic N) is 2. The number of ether oxygens (including phenoxy) is 1. The molecular weight excluding hydrogens is 369 g/mol. The summed E-state index contributed by atoms with van der Waals surface area (Å²) in [6, 6.07) is 1.33. The van der Waals surface area contributed by atoms with Crippen molar-refractivity contribution in [1.82, 2.24) is 9.78 Å². The summed E-state index contributed by atoms with van der Waals surface area (Å²) >= 11 is 12.7. The van der Waals surface area contributed by atoms with Crippen LogP contribution >= 0.6 is 34.5 Å². The maximum atomic E-state index is 12.3. The Labute approximate surface area is 142 Å². The molecule has 10 heteroatoms. The number of sulfonamides is 1. The van der Waals surface area contributed by atoms with E-state index >= 15 is 0 Å². The fourth-order valence-electron chi connectivity index (χ4n) is 2.23. The minimum absolute atomic E-state index is 0.0314. The molecule has 1 atom stereocenters. The fraction of sp³-hybridized carbons (Fsp3) is 0.417. The van der Waals surface area contributed by atoms with Gasteiger partial charge in [-0.1, -0.05) is 23.2 Å². The van der Waals surface area contributed by atoms with Gasteiger partial charge < -0.3 is 4.74 Å². The van der Waals surface area contributed by atoms with E-state index in [1.165, 1.54) is 12.3 Å². The minimum atomic E-state index is -3.78. The zero-order valence-corrected chi connectivity index (χ0v) is 14.5. The van der Waals surface area contributed by atoms with Crippen molar-refractivity contribution in [3.8, 4) is 0 Å². The molecule has 22 heavy (non-hydrogen) atoms. The Morgan fingerprint density at radius 2 is 2.32 bits per heavy atom. The molecule has 6 nitrogen and oxygen atoms in total. The van der Waals surface area contributed by atoms with Crippen LogP contribution in [0.4, 0.5) is 5.69 Å². The van der Waals surface area contributed by atoms with Gasteiger partial charge in [0.1, 0.15) is 9.23 Å². The average Bonchev–Trinajstić information content (AvgIpc) is 3.13. The van der Waals surface area contributed by atoms with Gasteiger partial charge in [-0.05, 0) is 18.9 Å². The highest BCUT2D eigenvalue weighted by Gasteiger charge is 2.22. The van der Waals surface area contributed by atoms with E-state index in [4.69, 9.17) is 27.9 Å². The Bertz CT molecular complexity index is 766. The van der Waals surface area contributed by atoms with Gasteiger partial charge in [0.15, 0.2) is 0 Å². The molecule has 0 bridgehead atoms. The summed E-state index contributed by atoms with van der Waals surface area (Å²) < 4.78 is 34.6. The molecule has 0 aromatic carbocycles. The number of thiophene rings is 1. The Kier molecular flexibility index (Phi) is 4.65. The van der Waals surface area contributed by atoms with Crippen molar-refractivity contribution in [1.29, 1.82) is 0 Å². The van der Waals surface area contributed by atoms with Crippen LogP contribution in [-0.4, -0.2) is 30.9 Å². The molecule has 1 aliphatic rings. The van der Waals surface area contributed by atoms with E-state index in [2.05, 4.69) is 9.82 Å². The van der Waals surface area contributed by atoms with E-state index in [0.717, 1.165) is 30.8 Å². The first kappa shape index (κ1) is 16.1. The molecule has 1 unspecified atom stereocenters. The van der Waals surface area contributed by atoms with Crippen molar-refractivity contribution in [3.05, 3.63) is 27.1 Å². The third kappa shape index (κ3) is 3.57. The zero-order chi connectivity index (χ0) is 15.7. The molecule has 0 amide bonds. The van der Waals surface area contributed by atoms with Crippen molar-refractivity contribution >= 4 is 50.2 Å². The van der Waals surface area contributed by atoms with Crippen LogP contribution in [-0.2, 0) is 21.3 Å². The summed E-state index contributed by atoms with van der Waals surface area (Å²) in [5.41, 5.74) is 0.372. The fourth-order valence-corrected chi connectivity index (χ4v) is 5.41. The number of aromatic nitrogens is 2. The van der Waals surface area contributed by atoms with Gasteiger partial charge in [-0.15, -0.1) is 11.3 Å². The lowest BCUT2D eigenvalue weighted by molar-refractivity contribution is 0.0940. The molecule has 1 N–H and O–H groups in total. The van der Waals surface area contributed by atoms with Gasteiger partial charge in [0.05, 0.1) is 28.9 Å². The van der Waals surface area contributed by atoms with Gasteiger partial charge in [0.2, 0.25) is 0 Å². The number of rotatable bonds is 5. The Morgan fingerprint density at radius 1 is 1.50 bits per heavy atom. The highest BCUT2D eigenvalue weighted by atomic mass is 35.5. The smallest absolute Gasteiger partial charge is 0.264 e. The van der Waals surface area contributed by atoms with Crippen molar-refractivity contribution < 1.29 is 13.2 Å². The lowest BCUT2D eigenvalue weighted by Gasteiger charge is -2.08. The van der Waals surface area contributed by atoms with Crippen LogP contribution in [0.2, 0.25) is 8.67 Å². The molecule has 1 fully saturated rings. The van der Waals surface area contributed by atoms with Gasteiger partial charge >= 0.3 is 0 Å². The minimum Gasteiger partial charge on any atom is -0.376 e. The Balaban J connectivity index is 1.72. The van der Waals surface area contributed by atoms with Gasteiger partial charge in [0, 0.05) is 12.8 Å². The lowest BCUT2D eigenvalue weighted by atomic mass is 10.2. The maximum absolute atomic E-state index is 12.3. The summed E-state index contributed by atoms with van der Waals surface area (Å²) in [4.78, 5) is -0.0314.